The van der Waals surface area contributed by atoms with Crippen molar-refractivity contribution in [1.29, 1.82) is 0 Å². The summed E-state index contributed by atoms with van der Waals surface area (Å²) >= 11 is 5.44. The van der Waals surface area contributed by atoms with Crippen LogP contribution < -0.4 is 43.0 Å². The Kier molecular flexibility index (Phi) is 25.0. The Morgan fingerprint density at radius 2 is 1.13 bits per heavy atom. The molecule has 0 radical (unpaired) electrons. The zero-order valence-electron chi connectivity index (χ0n) is 48.2. The van der Waals surface area contributed by atoms with E-state index in [-0.39, 0.29) is 68.9 Å². The predicted molar refractivity (Wildman–Crippen MR) is 325 cm³/mol. The molecule has 0 unspecified atom stereocenters. The average molecular weight is 1240 g/mol. The van der Waals surface area contributed by atoms with Crippen LogP contribution in [0.3, 0.4) is 0 Å². The third-order valence-electron chi connectivity index (χ3n) is 14.7. The number of hydrogen-bond acceptors (Lipinski definition) is 15. The maximum Gasteiger partial charge on any atom is 0.327 e. The van der Waals surface area contributed by atoms with Gasteiger partial charge in [-0.15, -0.1) is 0 Å². The van der Waals surface area contributed by atoms with Crippen LogP contribution in [0.1, 0.15) is 75.5 Å². The molecule has 1 aliphatic heterocycles. The highest BCUT2D eigenvalue weighted by Gasteiger charge is 2.41. The van der Waals surface area contributed by atoms with E-state index in [0.717, 1.165) is 0 Å². The third-order valence-corrected chi connectivity index (χ3v) is 15.7. The van der Waals surface area contributed by atoms with Gasteiger partial charge in [-0.1, -0.05) is 62.4 Å². The van der Waals surface area contributed by atoms with Gasteiger partial charge in [-0.3, -0.25) is 47.9 Å². The number of aromatic nitrogens is 2. The topological polar surface area (TPSA) is 414 Å². The zero-order valence-corrected chi connectivity index (χ0v) is 49.9. The molecule has 3 heterocycles. The summed E-state index contributed by atoms with van der Waals surface area (Å²) in [5, 5.41) is 58.6. The number of likely N-dealkylation sites (tertiary alicyclic amines) is 1. The number of benzene rings is 3. The fraction of sp³-hybridized carbons (Fsp3) is 0.441. The Morgan fingerprint density at radius 3 is 1.69 bits per heavy atom. The largest absolute Gasteiger partial charge is 0.508 e. The number of hydrogen-bond donors (Lipinski definition) is 15. The van der Waals surface area contributed by atoms with Gasteiger partial charge in [0.15, 0.2) is 0 Å². The summed E-state index contributed by atoms with van der Waals surface area (Å²) < 4.78 is 0. The number of carbonyl (C=O) groups is 11. The molecule has 2 aromatic heterocycles. The number of H-pyrrole nitrogens is 2. The lowest BCUT2D eigenvalue weighted by Gasteiger charge is -2.31. The van der Waals surface area contributed by atoms with Crippen LogP contribution in [0, 0.1) is 5.92 Å². The summed E-state index contributed by atoms with van der Waals surface area (Å²) in [6, 6.07) is 6.92. The molecule has 1 fully saturated rings. The highest BCUT2D eigenvalue weighted by Crippen LogP contribution is 2.25. The van der Waals surface area contributed by atoms with E-state index < -0.39 is 139 Å². The van der Waals surface area contributed by atoms with Gasteiger partial charge in [0.25, 0.3) is 0 Å². The molecule has 0 bridgehead atoms. The van der Waals surface area contributed by atoms with Crippen LogP contribution in [0.5, 0.6) is 5.75 Å². The number of para-hydroxylation sites is 2. The number of nitrogens with zero attached hydrogens (tertiary/aromatic N) is 1. The van der Waals surface area contributed by atoms with Crippen molar-refractivity contribution in [2.24, 2.45) is 11.7 Å². The standard InChI is InChI=1S/C59H75N11O15S2/c1-31(2)23-42(53(78)69-47(30-86)59(84)85)65-52(77)41(18-19-49(72)73)63-57(82)48-13-8-21-70(48)58(83)46(26-34-29-62-40-12-7-5-10-37(34)40)68-55(80)44(25-33-28-61-39-11-6-4-9-36(33)39)66-56(81)45(27-50(74)75)67-54(79)43(24-32-14-16-35(71)17-15-32)64-51(76)38(60)20-22-87-3/h4-7,9-12,14-17,28-29,31,38,41-48,61-62,71,86H,8,13,18-27,30,60H2,1-3H3,(H,63,82)(H,64,76)(H,65,77)(H,66,81)(H,67,79)(H,68,80)(H,69,78)(H,72,73)(H,74,75)(H,84,85)/t38-,41-,42-,43-,44-,45-,46-,47-,48-/m0/s1. The number of aromatic hydroxyl groups is 1. The van der Waals surface area contributed by atoms with E-state index >= 15 is 9.59 Å². The third kappa shape index (κ3) is 19.4. The number of thioether (sulfide) groups is 1. The molecular weight excluding hydrogens is 1170 g/mol. The molecule has 87 heavy (non-hydrogen) atoms. The van der Waals surface area contributed by atoms with E-state index in [9.17, 15) is 63.6 Å². The van der Waals surface area contributed by atoms with Crippen LogP contribution in [-0.4, -0.2) is 179 Å². The molecule has 0 saturated carbocycles. The molecular formula is C59H75N11O15S2. The molecule has 3 aromatic carbocycles. The number of carboxylic acid groups (broad SMARTS) is 3. The number of thiol groups is 1. The highest BCUT2D eigenvalue weighted by atomic mass is 32.2. The second-order valence-electron chi connectivity index (χ2n) is 21.7. The molecule has 0 spiro atoms. The minimum absolute atomic E-state index is 0.0232. The first kappa shape index (κ1) is 67.5. The first-order valence-electron chi connectivity index (χ1n) is 28.3. The van der Waals surface area contributed by atoms with Gasteiger partial charge < -0.3 is 78.2 Å². The van der Waals surface area contributed by atoms with E-state index in [4.69, 9.17) is 5.73 Å². The Morgan fingerprint density at radius 1 is 0.621 bits per heavy atom. The maximum atomic E-state index is 15.3. The Bertz CT molecular complexity index is 3280. The van der Waals surface area contributed by atoms with E-state index in [1.54, 1.807) is 74.8 Å². The molecule has 28 heteroatoms. The van der Waals surface area contributed by atoms with Crippen molar-refractivity contribution in [3.8, 4) is 5.75 Å². The lowest BCUT2D eigenvalue weighted by atomic mass is 10.00. The van der Waals surface area contributed by atoms with Crippen LogP contribution in [0.25, 0.3) is 21.8 Å². The van der Waals surface area contributed by atoms with E-state index in [1.165, 1.54) is 40.9 Å². The summed E-state index contributed by atoms with van der Waals surface area (Å²) in [7, 11) is 0. The van der Waals surface area contributed by atoms with Crippen LogP contribution >= 0.6 is 24.4 Å². The van der Waals surface area contributed by atoms with Crippen LogP contribution in [0.4, 0.5) is 0 Å². The van der Waals surface area contributed by atoms with Crippen LogP contribution in [0.15, 0.2) is 85.2 Å². The molecule has 5 aromatic rings. The quantitative estimate of drug-likeness (QED) is 0.0263. The monoisotopic (exact) mass is 1240 g/mol. The number of phenolic OH excluding ortho intramolecular Hbond substituents is 1. The van der Waals surface area contributed by atoms with E-state index in [0.29, 0.717) is 44.2 Å². The van der Waals surface area contributed by atoms with Crippen molar-refractivity contribution in [3.05, 3.63) is 102 Å². The van der Waals surface area contributed by atoms with Crippen molar-refractivity contribution < 1.29 is 73.2 Å². The second kappa shape index (κ2) is 32.2. The number of aliphatic carboxylic acids is 3. The van der Waals surface area contributed by atoms with E-state index in [1.807, 2.05) is 6.26 Å². The molecule has 8 amide bonds. The normalized spacial score (nSPS) is 15.8. The van der Waals surface area contributed by atoms with Gasteiger partial charge >= 0.3 is 17.9 Å². The summed E-state index contributed by atoms with van der Waals surface area (Å²) in [4.78, 5) is 158. The van der Waals surface area contributed by atoms with Gasteiger partial charge in [-0.05, 0) is 91.0 Å². The number of carbonyl (C=O) groups excluding carboxylic acids is 8. The molecule has 468 valence electrons. The van der Waals surface area contributed by atoms with Gasteiger partial charge in [0.1, 0.15) is 54.1 Å². The summed E-state index contributed by atoms with van der Waals surface area (Å²) in [6.45, 7) is 3.47. The Hall–Kier alpha value is -8.63. The number of phenols is 1. The number of rotatable bonds is 33. The Balaban J connectivity index is 1.31. The lowest BCUT2D eigenvalue weighted by Crippen LogP contribution is -2.61. The Labute approximate surface area is 510 Å². The fourth-order valence-corrected chi connectivity index (χ4v) is 10.9. The molecule has 26 nitrogen and oxygen atoms in total. The van der Waals surface area contributed by atoms with Crippen molar-refractivity contribution in [2.75, 3.05) is 24.3 Å². The number of nitrogens with two attached hydrogens (primary N) is 1. The molecule has 9 atom stereocenters. The van der Waals surface area contributed by atoms with Gasteiger partial charge in [-0.25, -0.2) is 4.79 Å². The van der Waals surface area contributed by atoms with Gasteiger partial charge in [0.05, 0.1) is 12.5 Å². The highest BCUT2D eigenvalue weighted by molar-refractivity contribution is 7.98. The average Bonchev–Trinajstić information content (AvgIpc) is 3.78. The second-order valence-corrected chi connectivity index (χ2v) is 23.0. The van der Waals surface area contributed by atoms with Gasteiger partial charge in [-0.2, -0.15) is 24.4 Å². The minimum atomic E-state index is -1.87. The molecule has 6 rings (SSSR count). The lowest BCUT2D eigenvalue weighted by molar-refractivity contribution is -0.143. The van der Waals surface area contributed by atoms with E-state index in [2.05, 4.69) is 59.8 Å². The van der Waals surface area contributed by atoms with Gasteiger partial charge in [0, 0.05) is 72.2 Å². The van der Waals surface area contributed by atoms with Crippen molar-refractivity contribution >= 4 is 111 Å². The SMILES string of the molecule is CSCC[C@H](N)C(=O)N[C@@H](Cc1ccc(O)cc1)C(=O)N[C@@H](CC(=O)O)C(=O)N[C@@H](Cc1c[nH]c2ccccc12)C(=O)N[C@@H](Cc1c[nH]c2ccccc12)C(=O)N1CCC[C@H]1C(=O)N[C@@H](CCC(=O)O)C(=O)N[C@@H](CC(C)C)C(=O)N[C@@H](CS)C(=O)O. The van der Waals surface area contributed by atoms with Crippen LogP contribution in [-0.2, 0) is 72.0 Å². The first-order valence-corrected chi connectivity index (χ1v) is 30.3. The number of amides is 8. The number of carboxylic acids is 3. The maximum absolute atomic E-state index is 15.3. The summed E-state index contributed by atoms with van der Waals surface area (Å²) in [6.07, 6.45) is 2.96. The predicted octanol–water partition coefficient (Wildman–Crippen LogP) is 1.25. The number of aromatic amines is 2. The molecule has 1 saturated heterocycles. The zero-order chi connectivity index (χ0) is 63.5. The molecule has 0 aliphatic carbocycles. The fourth-order valence-electron chi connectivity index (χ4n) is 10.1. The first-order chi connectivity index (χ1) is 41.5. The van der Waals surface area contributed by atoms with Crippen LogP contribution in [0.2, 0.25) is 0 Å². The smallest absolute Gasteiger partial charge is 0.327 e. The molecule has 15 N–H and O–H groups in total. The number of nitrogens with one attached hydrogen (secondary N) is 9. The molecule has 1 aliphatic rings. The summed E-state index contributed by atoms with van der Waals surface area (Å²) in [5.74, 6) is -11.5. The summed E-state index contributed by atoms with van der Waals surface area (Å²) in [5.41, 5.74) is 9.04. The van der Waals surface area contributed by atoms with Crippen molar-refractivity contribution in [3.63, 3.8) is 0 Å². The number of fused-ring (bicyclic) bond motifs is 2. The minimum Gasteiger partial charge on any atom is -0.508 e. The van der Waals surface area contributed by atoms with Crippen molar-refractivity contribution in [1.82, 2.24) is 52.1 Å². The van der Waals surface area contributed by atoms with Crippen molar-refractivity contribution in [2.45, 2.75) is 132 Å². The van der Waals surface area contributed by atoms with Gasteiger partial charge in [0.2, 0.25) is 47.3 Å².